The number of piperidine rings is 1. The van der Waals surface area contributed by atoms with Crippen molar-refractivity contribution >= 4 is 17.3 Å². The Morgan fingerprint density at radius 3 is 2.91 bits per heavy atom. The number of benzene rings is 1. The molecule has 0 aliphatic carbocycles. The number of carbonyl (C=O) groups excluding carboxylic acids is 1. The molecular formula is C16H23N3O4. The van der Waals surface area contributed by atoms with Gasteiger partial charge in [0.1, 0.15) is 11.4 Å². The zero-order valence-electron chi connectivity index (χ0n) is 13.4. The molecule has 1 amide bonds. The van der Waals surface area contributed by atoms with Crippen LogP contribution < -0.4 is 15.4 Å². The Morgan fingerprint density at radius 2 is 2.26 bits per heavy atom. The van der Waals surface area contributed by atoms with Gasteiger partial charge in [-0.3, -0.25) is 14.9 Å². The van der Waals surface area contributed by atoms with Crippen LogP contribution in [0.5, 0.6) is 5.75 Å². The fourth-order valence-electron chi connectivity index (χ4n) is 2.96. The van der Waals surface area contributed by atoms with Gasteiger partial charge in [-0.15, -0.1) is 0 Å². The molecule has 1 aliphatic rings. The number of nitro benzene ring substituents is 1. The summed E-state index contributed by atoms with van der Waals surface area (Å²) in [6.45, 7) is 3.23. The van der Waals surface area contributed by atoms with E-state index in [1.54, 1.807) is 12.1 Å². The first-order chi connectivity index (χ1) is 11.0. The van der Waals surface area contributed by atoms with Gasteiger partial charge in [0, 0.05) is 31.1 Å². The Labute approximate surface area is 135 Å². The molecule has 7 heteroatoms. The van der Waals surface area contributed by atoms with E-state index in [1.807, 2.05) is 11.8 Å². The third kappa shape index (κ3) is 4.34. The van der Waals surface area contributed by atoms with Crippen molar-refractivity contribution in [2.24, 2.45) is 5.73 Å². The number of amides is 1. The lowest BCUT2D eigenvalue weighted by Crippen LogP contribution is -2.42. The van der Waals surface area contributed by atoms with Crippen molar-refractivity contribution in [2.45, 2.75) is 45.1 Å². The van der Waals surface area contributed by atoms with Crippen molar-refractivity contribution in [1.29, 1.82) is 0 Å². The molecule has 1 atom stereocenters. The number of ether oxygens (including phenoxy) is 1. The largest absolute Gasteiger partial charge is 0.494 e. The van der Waals surface area contributed by atoms with Gasteiger partial charge in [-0.2, -0.15) is 0 Å². The summed E-state index contributed by atoms with van der Waals surface area (Å²) in [7, 11) is 0. The minimum Gasteiger partial charge on any atom is -0.494 e. The lowest BCUT2D eigenvalue weighted by Gasteiger charge is -2.36. The van der Waals surface area contributed by atoms with E-state index in [1.165, 1.54) is 6.07 Å². The van der Waals surface area contributed by atoms with Crippen molar-refractivity contribution in [1.82, 2.24) is 0 Å². The highest BCUT2D eigenvalue weighted by molar-refractivity contribution is 5.76. The number of primary amides is 1. The number of hydrogen-bond acceptors (Lipinski definition) is 5. The average Bonchev–Trinajstić information content (AvgIpc) is 2.52. The van der Waals surface area contributed by atoms with Crippen molar-refractivity contribution in [3.63, 3.8) is 0 Å². The average molecular weight is 321 g/mol. The van der Waals surface area contributed by atoms with Crippen molar-refractivity contribution < 1.29 is 14.5 Å². The lowest BCUT2D eigenvalue weighted by atomic mass is 9.98. The van der Waals surface area contributed by atoms with E-state index < -0.39 is 4.92 Å². The summed E-state index contributed by atoms with van der Waals surface area (Å²) < 4.78 is 5.60. The zero-order chi connectivity index (χ0) is 16.8. The normalized spacial score (nSPS) is 17.8. The zero-order valence-corrected chi connectivity index (χ0v) is 13.4. The third-order valence-electron chi connectivity index (χ3n) is 3.99. The molecule has 1 fully saturated rings. The molecule has 23 heavy (non-hydrogen) atoms. The summed E-state index contributed by atoms with van der Waals surface area (Å²) in [6, 6.07) is 4.69. The first kappa shape index (κ1) is 17.1. The summed E-state index contributed by atoms with van der Waals surface area (Å²) in [6.07, 6.45) is 3.80. The SMILES string of the molecule is CCCOc1ccc([N+](=O)[O-])c(N2CCCCC2CC(N)=O)c1. The molecule has 1 aromatic rings. The van der Waals surface area contributed by atoms with E-state index in [0.29, 0.717) is 24.6 Å². The smallest absolute Gasteiger partial charge is 0.292 e. The highest BCUT2D eigenvalue weighted by Gasteiger charge is 2.29. The van der Waals surface area contributed by atoms with Crippen LogP contribution in [0, 0.1) is 10.1 Å². The Hall–Kier alpha value is -2.31. The molecule has 1 heterocycles. The standard InChI is InChI=1S/C16H23N3O4/c1-2-9-23-13-6-7-14(19(21)22)15(11-13)18-8-4-3-5-12(18)10-16(17)20/h6-7,11-12H,2-5,8-10H2,1H3,(H2,17,20). The minimum atomic E-state index is -0.394. The minimum absolute atomic E-state index is 0.0326. The highest BCUT2D eigenvalue weighted by atomic mass is 16.6. The number of carbonyl (C=O) groups is 1. The Balaban J connectivity index is 2.35. The van der Waals surface area contributed by atoms with E-state index in [9.17, 15) is 14.9 Å². The van der Waals surface area contributed by atoms with E-state index in [4.69, 9.17) is 10.5 Å². The summed E-state index contributed by atoms with van der Waals surface area (Å²) in [5.74, 6) is 0.221. The second kappa shape index (κ2) is 7.80. The van der Waals surface area contributed by atoms with Gasteiger partial charge in [-0.25, -0.2) is 0 Å². The number of rotatable bonds is 7. The number of anilines is 1. The maximum absolute atomic E-state index is 11.4. The third-order valence-corrected chi connectivity index (χ3v) is 3.99. The van der Waals surface area contributed by atoms with E-state index in [0.717, 1.165) is 25.7 Å². The van der Waals surface area contributed by atoms with Crippen LogP contribution in [0.1, 0.15) is 39.0 Å². The molecule has 2 rings (SSSR count). The van der Waals surface area contributed by atoms with Crippen LogP contribution in [-0.2, 0) is 4.79 Å². The molecule has 1 aromatic carbocycles. The van der Waals surface area contributed by atoms with Gasteiger partial charge < -0.3 is 15.4 Å². The molecule has 1 aliphatic heterocycles. The van der Waals surface area contributed by atoms with Gasteiger partial charge in [0.25, 0.3) is 5.69 Å². The van der Waals surface area contributed by atoms with Crippen LogP contribution in [0.2, 0.25) is 0 Å². The van der Waals surface area contributed by atoms with Crippen LogP contribution in [-0.4, -0.2) is 30.0 Å². The summed E-state index contributed by atoms with van der Waals surface area (Å²) >= 11 is 0. The number of nitro groups is 1. The van der Waals surface area contributed by atoms with Crippen molar-refractivity contribution in [2.75, 3.05) is 18.1 Å². The van der Waals surface area contributed by atoms with Gasteiger partial charge in [-0.05, 0) is 31.7 Å². The number of nitrogens with zero attached hydrogens (tertiary/aromatic N) is 2. The fraction of sp³-hybridized carbons (Fsp3) is 0.562. The Bertz CT molecular complexity index is 576. The molecule has 0 spiro atoms. The van der Waals surface area contributed by atoms with Crippen LogP contribution in [0.15, 0.2) is 18.2 Å². The van der Waals surface area contributed by atoms with Gasteiger partial charge in [0.15, 0.2) is 0 Å². The quantitative estimate of drug-likeness (QED) is 0.615. The molecule has 2 N–H and O–H groups in total. The number of nitrogens with two attached hydrogens (primary N) is 1. The summed E-state index contributed by atoms with van der Waals surface area (Å²) in [5, 5.41) is 11.4. The molecule has 0 saturated carbocycles. The molecule has 0 aromatic heterocycles. The molecule has 7 nitrogen and oxygen atoms in total. The molecule has 1 saturated heterocycles. The van der Waals surface area contributed by atoms with E-state index >= 15 is 0 Å². The van der Waals surface area contributed by atoms with Gasteiger partial charge in [0.2, 0.25) is 5.91 Å². The predicted octanol–water partition coefficient (Wildman–Crippen LogP) is 2.62. The van der Waals surface area contributed by atoms with Crippen molar-refractivity contribution in [3.05, 3.63) is 28.3 Å². The molecular weight excluding hydrogens is 298 g/mol. The maximum Gasteiger partial charge on any atom is 0.292 e. The number of hydrogen-bond donors (Lipinski definition) is 1. The second-order valence-electron chi connectivity index (χ2n) is 5.77. The second-order valence-corrected chi connectivity index (χ2v) is 5.77. The first-order valence-electron chi connectivity index (χ1n) is 7.99. The van der Waals surface area contributed by atoms with Gasteiger partial charge in [0.05, 0.1) is 11.5 Å². The summed E-state index contributed by atoms with van der Waals surface area (Å²) in [4.78, 5) is 24.2. The molecule has 0 bridgehead atoms. The Morgan fingerprint density at radius 1 is 1.48 bits per heavy atom. The van der Waals surface area contributed by atoms with Crippen LogP contribution in [0.4, 0.5) is 11.4 Å². The van der Waals surface area contributed by atoms with Gasteiger partial charge >= 0.3 is 0 Å². The van der Waals surface area contributed by atoms with Crippen LogP contribution in [0.25, 0.3) is 0 Å². The van der Waals surface area contributed by atoms with Crippen LogP contribution in [0.3, 0.4) is 0 Å². The highest BCUT2D eigenvalue weighted by Crippen LogP contribution is 2.36. The Kier molecular flexibility index (Phi) is 5.78. The summed E-state index contributed by atoms with van der Waals surface area (Å²) in [5.41, 5.74) is 5.87. The first-order valence-corrected chi connectivity index (χ1v) is 7.99. The maximum atomic E-state index is 11.4. The predicted molar refractivity (Wildman–Crippen MR) is 87.7 cm³/mol. The molecule has 126 valence electrons. The molecule has 0 radical (unpaired) electrons. The molecule has 1 unspecified atom stereocenters. The van der Waals surface area contributed by atoms with Gasteiger partial charge in [-0.1, -0.05) is 6.92 Å². The topological polar surface area (TPSA) is 98.7 Å². The fourth-order valence-corrected chi connectivity index (χ4v) is 2.96. The van der Waals surface area contributed by atoms with E-state index in [2.05, 4.69) is 0 Å². The monoisotopic (exact) mass is 321 g/mol. The lowest BCUT2D eigenvalue weighted by molar-refractivity contribution is -0.384. The van der Waals surface area contributed by atoms with Crippen molar-refractivity contribution in [3.8, 4) is 5.75 Å². The van der Waals surface area contributed by atoms with E-state index in [-0.39, 0.29) is 24.1 Å². The van der Waals surface area contributed by atoms with Crippen LogP contribution >= 0.6 is 0 Å².